The van der Waals surface area contributed by atoms with Crippen molar-refractivity contribution >= 4 is 27.5 Å². The van der Waals surface area contributed by atoms with E-state index in [0.717, 1.165) is 36.1 Å². The van der Waals surface area contributed by atoms with Crippen molar-refractivity contribution in [3.8, 4) is 0 Å². The third-order valence-electron chi connectivity index (χ3n) is 3.86. The molecule has 1 amide bonds. The van der Waals surface area contributed by atoms with Crippen LogP contribution in [0.1, 0.15) is 30.1 Å². The van der Waals surface area contributed by atoms with Gasteiger partial charge in [-0.15, -0.1) is 0 Å². The van der Waals surface area contributed by atoms with Gasteiger partial charge in [0, 0.05) is 23.6 Å². The molecule has 1 aliphatic rings. The Morgan fingerprint density at radius 2 is 2.05 bits per heavy atom. The van der Waals surface area contributed by atoms with E-state index < -0.39 is 5.91 Å². The van der Waals surface area contributed by atoms with Crippen LogP contribution in [0.4, 0.5) is 5.69 Å². The van der Waals surface area contributed by atoms with Crippen LogP contribution in [0.15, 0.2) is 22.7 Å². The molecule has 1 heterocycles. The van der Waals surface area contributed by atoms with Gasteiger partial charge in [0.15, 0.2) is 0 Å². The molecule has 104 valence electrons. The fourth-order valence-electron chi connectivity index (χ4n) is 2.69. The van der Waals surface area contributed by atoms with Crippen LogP contribution < -0.4 is 16.4 Å². The van der Waals surface area contributed by atoms with Crippen LogP contribution in [0, 0.1) is 5.92 Å². The van der Waals surface area contributed by atoms with E-state index in [0.29, 0.717) is 11.5 Å². The Bertz CT molecular complexity index is 468. The van der Waals surface area contributed by atoms with E-state index in [4.69, 9.17) is 11.5 Å². The summed E-state index contributed by atoms with van der Waals surface area (Å²) in [6.45, 7) is 3.90. The zero-order chi connectivity index (χ0) is 14.0. The van der Waals surface area contributed by atoms with E-state index >= 15 is 0 Å². The maximum atomic E-state index is 11.6. The molecule has 1 aliphatic heterocycles. The summed E-state index contributed by atoms with van der Waals surface area (Å²) in [7, 11) is 0. The first-order chi connectivity index (χ1) is 9.00. The van der Waals surface area contributed by atoms with Crippen LogP contribution in [0.25, 0.3) is 0 Å². The highest BCUT2D eigenvalue weighted by Gasteiger charge is 2.24. The summed E-state index contributed by atoms with van der Waals surface area (Å²) in [4.78, 5) is 13.8. The number of amides is 1. The molecule has 5 heteroatoms. The number of halogens is 1. The summed E-state index contributed by atoms with van der Waals surface area (Å²) < 4.78 is 0.756. The molecule has 0 aliphatic carbocycles. The van der Waals surface area contributed by atoms with Crippen LogP contribution >= 0.6 is 15.9 Å². The number of nitrogens with two attached hydrogens (primary N) is 2. The van der Waals surface area contributed by atoms with Gasteiger partial charge in [-0.25, -0.2) is 0 Å². The Morgan fingerprint density at radius 1 is 1.42 bits per heavy atom. The van der Waals surface area contributed by atoms with Gasteiger partial charge in [-0.2, -0.15) is 0 Å². The van der Waals surface area contributed by atoms with Crippen molar-refractivity contribution in [1.29, 1.82) is 0 Å². The maximum absolute atomic E-state index is 11.6. The normalized spacial score (nSPS) is 18.4. The largest absolute Gasteiger partial charge is 0.371 e. The molecule has 0 bridgehead atoms. The monoisotopic (exact) mass is 325 g/mol. The van der Waals surface area contributed by atoms with Gasteiger partial charge in [-0.1, -0.05) is 6.07 Å². The first kappa shape index (κ1) is 14.3. The molecule has 0 aromatic heterocycles. The topological polar surface area (TPSA) is 72.3 Å². The number of rotatable bonds is 3. The number of nitrogens with zero attached hydrogens (tertiary/aromatic N) is 1. The Morgan fingerprint density at radius 3 is 2.58 bits per heavy atom. The first-order valence-corrected chi connectivity index (χ1v) is 7.39. The van der Waals surface area contributed by atoms with Crippen molar-refractivity contribution in [3.05, 3.63) is 28.2 Å². The highest BCUT2D eigenvalue weighted by molar-refractivity contribution is 9.10. The zero-order valence-electron chi connectivity index (χ0n) is 11.1. The highest BCUT2D eigenvalue weighted by Crippen LogP contribution is 2.31. The lowest BCUT2D eigenvalue weighted by Gasteiger charge is -2.36. The number of carbonyl (C=O) groups is 1. The van der Waals surface area contributed by atoms with Gasteiger partial charge < -0.3 is 16.4 Å². The van der Waals surface area contributed by atoms with Gasteiger partial charge in [0.05, 0.1) is 11.3 Å². The van der Waals surface area contributed by atoms with Gasteiger partial charge >= 0.3 is 0 Å². The molecule has 1 saturated heterocycles. The summed E-state index contributed by atoms with van der Waals surface area (Å²) in [5, 5.41) is 0. The van der Waals surface area contributed by atoms with Gasteiger partial charge in [0.1, 0.15) is 0 Å². The smallest absolute Gasteiger partial charge is 0.251 e. The van der Waals surface area contributed by atoms with Crippen molar-refractivity contribution in [2.24, 2.45) is 17.4 Å². The summed E-state index contributed by atoms with van der Waals surface area (Å²) in [5.41, 5.74) is 12.9. The molecular weight excluding hydrogens is 306 g/mol. The molecule has 2 rings (SSSR count). The highest BCUT2D eigenvalue weighted by atomic mass is 79.9. The van der Waals surface area contributed by atoms with Gasteiger partial charge in [-0.05, 0) is 53.7 Å². The van der Waals surface area contributed by atoms with E-state index in [1.54, 1.807) is 0 Å². The average molecular weight is 326 g/mol. The van der Waals surface area contributed by atoms with Crippen molar-refractivity contribution in [3.63, 3.8) is 0 Å². The van der Waals surface area contributed by atoms with E-state index in [1.807, 2.05) is 18.2 Å². The molecule has 4 N–H and O–H groups in total. The summed E-state index contributed by atoms with van der Waals surface area (Å²) in [5.74, 6) is 0.178. The lowest BCUT2D eigenvalue weighted by atomic mass is 9.90. The summed E-state index contributed by atoms with van der Waals surface area (Å²) in [6.07, 6.45) is 2.12. The van der Waals surface area contributed by atoms with E-state index in [2.05, 4.69) is 27.8 Å². The second-order valence-electron chi connectivity index (χ2n) is 5.18. The maximum Gasteiger partial charge on any atom is 0.251 e. The van der Waals surface area contributed by atoms with Crippen molar-refractivity contribution in [2.75, 3.05) is 18.0 Å². The predicted molar refractivity (Wildman–Crippen MR) is 81.2 cm³/mol. The number of anilines is 1. The van der Waals surface area contributed by atoms with Crippen LogP contribution in [0.3, 0.4) is 0 Å². The number of carbonyl (C=O) groups excluding carboxylic acids is 1. The number of hydrogen-bond acceptors (Lipinski definition) is 3. The van der Waals surface area contributed by atoms with Crippen LogP contribution in [-0.2, 0) is 0 Å². The number of piperidine rings is 1. The molecule has 19 heavy (non-hydrogen) atoms. The van der Waals surface area contributed by atoms with Crippen LogP contribution in [0.5, 0.6) is 0 Å². The van der Waals surface area contributed by atoms with Gasteiger partial charge in [0.25, 0.3) is 5.91 Å². The Kier molecular flexibility index (Phi) is 4.47. The van der Waals surface area contributed by atoms with Crippen molar-refractivity contribution in [2.45, 2.75) is 25.8 Å². The molecule has 1 fully saturated rings. The molecule has 0 radical (unpaired) electrons. The van der Waals surface area contributed by atoms with Crippen molar-refractivity contribution < 1.29 is 4.79 Å². The molecule has 1 unspecified atom stereocenters. The Balaban J connectivity index is 2.20. The van der Waals surface area contributed by atoms with Crippen LogP contribution in [0.2, 0.25) is 0 Å². The fourth-order valence-corrected chi connectivity index (χ4v) is 3.24. The quantitative estimate of drug-likeness (QED) is 0.894. The van der Waals surface area contributed by atoms with Gasteiger partial charge in [-0.3, -0.25) is 4.79 Å². The standard InChI is InChI=1S/C14H20BrN3O/c1-9(16)10-5-7-18(8-6-10)12-4-2-3-11(15)13(12)14(17)19/h2-4,9-10H,5-8,16H2,1H3,(H2,17,19). The molecule has 0 spiro atoms. The molecular formula is C14H20BrN3O. The van der Waals surface area contributed by atoms with Crippen molar-refractivity contribution in [1.82, 2.24) is 0 Å². The van der Waals surface area contributed by atoms with E-state index in [-0.39, 0.29) is 6.04 Å². The van der Waals surface area contributed by atoms with E-state index in [1.165, 1.54) is 0 Å². The molecule has 1 aromatic carbocycles. The molecule has 1 aromatic rings. The SMILES string of the molecule is CC(N)C1CCN(c2cccc(Br)c2C(N)=O)CC1. The Labute approximate surface area is 122 Å². The van der Waals surface area contributed by atoms with E-state index in [9.17, 15) is 4.79 Å². The molecule has 1 atom stereocenters. The second kappa shape index (κ2) is 5.92. The summed E-state index contributed by atoms with van der Waals surface area (Å²) >= 11 is 3.40. The lowest BCUT2D eigenvalue weighted by molar-refractivity contribution is 0.1000. The number of hydrogen-bond donors (Lipinski definition) is 2. The second-order valence-corrected chi connectivity index (χ2v) is 6.04. The average Bonchev–Trinajstić information content (AvgIpc) is 2.38. The molecule has 0 saturated carbocycles. The predicted octanol–water partition coefficient (Wildman–Crippen LogP) is 2.11. The number of primary amides is 1. The minimum absolute atomic E-state index is 0.236. The number of benzene rings is 1. The van der Waals surface area contributed by atoms with Crippen LogP contribution in [-0.4, -0.2) is 25.0 Å². The third-order valence-corrected chi connectivity index (χ3v) is 4.52. The third kappa shape index (κ3) is 3.09. The lowest BCUT2D eigenvalue weighted by Crippen LogP contribution is -2.40. The minimum Gasteiger partial charge on any atom is -0.371 e. The Hall–Kier alpha value is -1.07. The zero-order valence-corrected chi connectivity index (χ0v) is 12.7. The summed E-state index contributed by atoms with van der Waals surface area (Å²) in [6, 6.07) is 5.97. The molecule has 4 nitrogen and oxygen atoms in total. The first-order valence-electron chi connectivity index (χ1n) is 6.59. The fraction of sp³-hybridized carbons (Fsp3) is 0.500. The van der Waals surface area contributed by atoms with Gasteiger partial charge in [0.2, 0.25) is 0 Å². The minimum atomic E-state index is -0.392.